The molecule has 0 spiro atoms. The van der Waals surface area contributed by atoms with Gasteiger partial charge in [0.15, 0.2) is 0 Å². The molecule has 2 aliphatic rings. The van der Waals surface area contributed by atoms with Crippen LogP contribution in [0.3, 0.4) is 0 Å². The van der Waals surface area contributed by atoms with E-state index in [9.17, 15) is 22.8 Å². The lowest BCUT2D eigenvalue weighted by Gasteiger charge is -2.42. The minimum absolute atomic E-state index is 0.00362. The normalized spacial score (nSPS) is 20.1. The van der Waals surface area contributed by atoms with Crippen LogP contribution < -0.4 is 5.32 Å². The number of thioether (sulfide) groups is 1. The Morgan fingerprint density at radius 3 is 2.31 bits per heavy atom. The molecule has 0 radical (unpaired) electrons. The van der Waals surface area contributed by atoms with Crippen LogP contribution in [0.2, 0.25) is 5.02 Å². The zero-order valence-corrected chi connectivity index (χ0v) is 28.0. The number of urea groups is 1. The number of hydrogen-bond acceptors (Lipinski definition) is 4. The SMILES string of the molecule is CCNC(=O)N1CCN(C(=O)[C@]2(Sc3ccc(C)cc3)CC(=O)N(Cc3ccc(C(F)(F)F)cc3)[C@H]2c2c[nH]c3cc(Cl)ccc23)CC1. The Balaban J connectivity index is 1.45. The number of benzene rings is 3. The van der Waals surface area contributed by atoms with Crippen molar-refractivity contribution in [2.75, 3.05) is 32.7 Å². The summed E-state index contributed by atoms with van der Waals surface area (Å²) in [5.74, 6) is -0.530. The van der Waals surface area contributed by atoms with Gasteiger partial charge in [-0.25, -0.2) is 4.79 Å². The van der Waals surface area contributed by atoms with E-state index in [1.165, 1.54) is 23.9 Å². The Kier molecular flexibility index (Phi) is 9.41. The first-order valence-electron chi connectivity index (χ1n) is 15.7. The van der Waals surface area contributed by atoms with E-state index in [0.717, 1.165) is 33.5 Å². The summed E-state index contributed by atoms with van der Waals surface area (Å²) in [5.41, 5.74) is 2.19. The average molecular weight is 698 g/mol. The highest BCUT2D eigenvalue weighted by Gasteiger charge is 2.60. The number of halogens is 4. The smallest absolute Gasteiger partial charge is 0.361 e. The molecule has 2 aliphatic heterocycles. The van der Waals surface area contributed by atoms with Crippen molar-refractivity contribution in [3.8, 4) is 0 Å². The summed E-state index contributed by atoms with van der Waals surface area (Å²) >= 11 is 7.64. The molecule has 0 bridgehead atoms. The Labute approximate surface area is 285 Å². The van der Waals surface area contributed by atoms with E-state index in [1.54, 1.807) is 33.0 Å². The predicted octanol–water partition coefficient (Wildman–Crippen LogP) is 7.03. The quantitative estimate of drug-likeness (QED) is 0.217. The Bertz CT molecular complexity index is 1820. The minimum Gasteiger partial charge on any atom is -0.361 e. The maximum Gasteiger partial charge on any atom is 0.416 e. The monoisotopic (exact) mass is 697 g/mol. The van der Waals surface area contributed by atoms with E-state index in [4.69, 9.17) is 11.6 Å². The van der Waals surface area contributed by atoms with Crippen LogP contribution in [0.25, 0.3) is 10.9 Å². The molecule has 252 valence electrons. The van der Waals surface area contributed by atoms with Crippen LogP contribution in [0.4, 0.5) is 18.0 Å². The number of alkyl halides is 3. The zero-order valence-electron chi connectivity index (χ0n) is 26.4. The van der Waals surface area contributed by atoms with Gasteiger partial charge < -0.3 is 25.0 Å². The highest BCUT2D eigenvalue weighted by Crippen LogP contribution is 2.55. The topological polar surface area (TPSA) is 88.8 Å². The van der Waals surface area contributed by atoms with Crippen LogP contribution in [0, 0.1) is 6.92 Å². The van der Waals surface area contributed by atoms with Crippen molar-refractivity contribution in [2.45, 2.75) is 48.7 Å². The molecule has 13 heteroatoms. The Morgan fingerprint density at radius 2 is 1.67 bits per heavy atom. The lowest BCUT2D eigenvalue weighted by Crippen LogP contribution is -2.58. The van der Waals surface area contributed by atoms with Crippen molar-refractivity contribution < 1.29 is 27.6 Å². The Morgan fingerprint density at radius 1 is 1.00 bits per heavy atom. The molecule has 2 saturated heterocycles. The van der Waals surface area contributed by atoms with Gasteiger partial charge in [0.25, 0.3) is 0 Å². The molecule has 2 atom stereocenters. The highest BCUT2D eigenvalue weighted by atomic mass is 35.5. The third-order valence-electron chi connectivity index (χ3n) is 8.96. The number of fused-ring (bicyclic) bond motifs is 1. The van der Waals surface area contributed by atoms with Crippen molar-refractivity contribution in [3.05, 3.63) is 100 Å². The molecule has 0 saturated carbocycles. The summed E-state index contributed by atoms with van der Waals surface area (Å²) in [6.07, 6.45) is -2.84. The lowest BCUT2D eigenvalue weighted by molar-refractivity contribution is -0.138. The summed E-state index contributed by atoms with van der Waals surface area (Å²) < 4.78 is 38.8. The second kappa shape index (κ2) is 13.4. The highest BCUT2D eigenvalue weighted by molar-refractivity contribution is 8.01. The molecule has 48 heavy (non-hydrogen) atoms. The zero-order chi connectivity index (χ0) is 34.2. The first-order chi connectivity index (χ1) is 22.9. The van der Waals surface area contributed by atoms with E-state index >= 15 is 4.79 Å². The van der Waals surface area contributed by atoms with Gasteiger partial charge in [-0.2, -0.15) is 13.2 Å². The number of amides is 4. The average Bonchev–Trinajstić information content (AvgIpc) is 3.59. The number of aromatic amines is 1. The summed E-state index contributed by atoms with van der Waals surface area (Å²) in [7, 11) is 0. The number of H-pyrrole nitrogens is 1. The van der Waals surface area contributed by atoms with E-state index in [1.807, 2.05) is 44.2 Å². The van der Waals surface area contributed by atoms with Crippen LogP contribution >= 0.6 is 23.4 Å². The molecule has 6 rings (SSSR count). The van der Waals surface area contributed by atoms with Gasteiger partial charge in [-0.1, -0.05) is 47.5 Å². The van der Waals surface area contributed by atoms with E-state index in [0.29, 0.717) is 35.8 Å². The lowest BCUT2D eigenvalue weighted by atomic mass is 9.90. The number of carbonyl (C=O) groups excluding carboxylic acids is 3. The summed E-state index contributed by atoms with van der Waals surface area (Å²) in [5, 5.41) is 4.10. The summed E-state index contributed by atoms with van der Waals surface area (Å²) in [6.45, 7) is 5.54. The van der Waals surface area contributed by atoms with Gasteiger partial charge in [-0.3, -0.25) is 9.59 Å². The van der Waals surface area contributed by atoms with Crippen LogP contribution in [-0.2, 0) is 22.3 Å². The van der Waals surface area contributed by atoms with Crippen molar-refractivity contribution in [3.63, 3.8) is 0 Å². The number of nitrogens with zero attached hydrogens (tertiary/aromatic N) is 3. The van der Waals surface area contributed by atoms with E-state index in [-0.39, 0.29) is 43.9 Å². The number of aryl methyl sites for hydroxylation is 1. The fourth-order valence-electron chi connectivity index (χ4n) is 6.55. The molecule has 3 aromatic carbocycles. The molecule has 4 amide bonds. The van der Waals surface area contributed by atoms with Gasteiger partial charge in [0.05, 0.1) is 18.0 Å². The van der Waals surface area contributed by atoms with Gasteiger partial charge >= 0.3 is 12.2 Å². The number of carbonyl (C=O) groups is 3. The van der Waals surface area contributed by atoms with E-state index < -0.39 is 22.5 Å². The van der Waals surface area contributed by atoms with Gasteiger partial charge in [-0.05, 0) is 55.8 Å². The first-order valence-corrected chi connectivity index (χ1v) is 16.9. The van der Waals surface area contributed by atoms with Gasteiger partial charge in [0.2, 0.25) is 11.8 Å². The Hall–Kier alpha value is -4.16. The minimum atomic E-state index is -4.50. The molecule has 8 nitrogen and oxygen atoms in total. The third-order valence-corrected chi connectivity index (χ3v) is 10.6. The maximum absolute atomic E-state index is 15.0. The standard InChI is InChI=1S/C35H35ClF3N5O3S/c1-3-40-33(47)43-16-14-42(15-17-43)32(46)34(48-26-11-4-22(2)5-12-26)19-30(45)44(21-23-6-8-24(9-7-23)35(37,38)39)31(34)28-20-41-29-18-25(36)10-13-27(28)29/h4-13,18,20,31,41H,3,14-17,19,21H2,1-2H3,(H,40,47)/t31-,34-/m0/s1. The second-order valence-corrected chi connectivity index (χ2v) is 14.0. The van der Waals surface area contributed by atoms with Crippen molar-refractivity contribution >= 4 is 52.1 Å². The van der Waals surface area contributed by atoms with Crippen molar-refractivity contribution in [1.29, 1.82) is 0 Å². The van der Waals surface area contributed by atoms with E-state index in [2.05, 4.69) is 10.3 Å². The number of hydrogen-bond donors (Lipinski definition) is 2. The molecule has 0 aliphatic carbocycles. The predicted molar refractivity (Wildman–Crippen MR) is 180 cm³/mol. The number of nitrogens with one attached hydrogen (secondary N) is 2. The first kappa shape index (κ1) is 33.7. The van der Waals surface area contributed by atoms with Crippen molar-refractivity contribution in [1.82, 2.24) is 25.0 Å². The molecule has 2 fully saturated rings. The summed E-state index contributed by atoms with van der Waals surface area (Å²) in [6, 6.07) is 16.9. The fraction of sp³-hybridized carbons (Fsp3) is 0.343. The number of piperazine rings is 1. The number of rotatable bonds is 7. The molecule has 4 aromatic rings. The third kappa shape index (κ3) is 6.60. The fourth-order valence-corrected chi connectivity index (χ4v) is 8.19. The molecule has 2 N–H and O–H groups in total. The summed E-state index contributed by atoms with van der Waals surface area (Å²) in [4.78, 5) is 50.9. The van der Waals surface area contributed by atoms with Crippen LogP contribution in [0.1, 0.15) is 41.6 Å². The second-order valence-electron chi connectivity index (χ2n) is 12.1. The largest absolute Gasteiger partial charge is 0.416 e. The molecular formula is C35H35ClF3N5O3S. The molecule has 1 aromatic heterocycles. The number of likely N-dealkylation sites (tertiary alicyclic amines) is 1. The molecule has 3 heterocycles. The van der Waals surface area contributed by atoms with Crippen LogP contribution in [0.15, 0.2) is 77.8 Å². The molecule has 0 unspecified atom stereocenters. The van der Waals surface area contributed by atoms with Gasteiger partial charge in [0, 0.05) is 71.8 Å². The van der Waals surface area contributed by atoms with Crippen LogP contribution in [0.5, 0.6) is 0 Å². The van der Waals surface area contributed by atoms with Crippen LogP contribution in [-0.4, -0.2) is 75.0 Å². The number of aromatic nitrogens is 1. The molecular weight excluding hydrogens is 663 g/mol. The van der Waals surface area contributed by atoms with Gasteiger partial charge in [-0.15, -0.1) is 11.8 Å². The maximum atomic E-state index is 15.0. The van der Waals surface area contributed by atoms with Crippen molar-refractivity contribution in [2.24, 2.45) is 0 Å². The van der Waals surface area contributed by atoms with Gasteiger partial charge in [0.1, 0.15) is 4.75 Å².